The summed E-state index contributed by atoms with van der Waals surface area (Å²) in [6, 6.07) is 12.2. The Hall–Kier alpha value is -2.22. The van der Waals surface area contributed by atoms with Gasteiger partial charge in [-0.3, -0.25) is 19.3 Å². The van der Waals surface area contributed by atoms with Gasteiger partial charge in [0, 0.05) is 20.9 Å². The molecule has 0 bridgehead atoms. The van der Waals surface area contributed by atoms with E-state index in [1.165, 1.54) is 4.90 Å². The first-order valence-electron chi connectivity index (χ1n) is 9.13. The van der Waals surface area contributed by atoms with E-state index in [0.29, 0.717) is 22.4 Å². The summed E-state index contributed by atoms with van der Waals surface area (Å²) >= 11 is 2.18. The minimum absolute atomic E-state index is 0.00372. The second-order valence-corrected chi connectivity index (χ2v) is 8.24. The Balaban J connectivity index is 1.55. The van der Waals surface area contributed by atoms with Crippen LogP contribution in [-0.4, -0.2) is 28.7 Å². The number of anilines is 1. The molecule has 1 N–H and O–H groups in total. The smallest absolute Gasteiger partial charge is 0.261 e. The van der Waals surface area contributed by atoms with Gasteiger partial charge in [-0.2, -0.15) is 0 Å². The summed E-state index contributed by atoms with van der Waals surface area (Å²) in [5.41, 5.74) is 1.87. The van der Waals surface area contributed by atoms with Crippen LogP contribution in [0.15, 0.2) is 42.5 Å². The van der Waals surface area contributed by atoms with Crippen LogP contribution in [0.2, 0.25) is 0 Å². The highest BCUT2D eigenvalue weighted by Crippen LogP contribution is 2.32. The van der Waals surface area contributed by atoms with Gasteiger partial charge in [0.15, 0.2) is 0 Å². The summed E-state index contributed by atoms with van der Waals surface area (Å²) in [6.45, 7) is 0. The van der Waals surface area contributed by atoms with Crippen molar-refractivity contribution in [3.63, 3.8) is 0 Å². The van der Waals surface area contributed by atoms with Crippen LogP contribution >= 0.6 is 22.6 Å². The molecule has 0 spiro atoms. The molecule has 0 aromatic heterocycles. The van der Waals surface area contributed by atoms with Gasteiger partial charge in [0.1, 0.15) is 0 Å². The molecule has 0 saturated heterocycles. The third-order valence-electron chi connectivity index (χ3n) is 5.22. The molecule has 1 aliphatic heterocycles. The molecule has 2 aliphatic rings. The summed E-state index contributed by atoms with van der Waals surface area (Å²) in [5.74, 6) is -0.697. The largest absolute Gasteiger partial charge is 0.322 e. The van der Waals surface area contributed by atoms with Crippen molar-refractivity contribution in [2.24, 2.45) is 0 Å². The lowest BCUT2D eigenvalue weighted by Gasteiger charge is -2.29. The molecule has 2 aromatic carbocycles. The van der Waals surface area contributed by atoms with E-state index in [9.17, 15) is 14.4 Å². The van der Waals surface area contributed by atoms with Gasteiger partial charge in [0.2, 0.25) is 0 Å². The normalized spacial score (nSPS) is 17.1. The molecule has 0 atom stereocenters. The molecule has 1 saturated carbocycles. The predicted octanol–water partition coefficient (Wildman–Crippen LogP) is 4.47. The van der Waals surface area contributed by atoms with Crippen molar-refractivity contribution in [2.75, 3.05) is 5.32 Å². The SMILES string of the molecule is O=C(Nc1ccc2c(c1)C(=O)N(C1CCCCC1)C2=O)c1ccc(I)cc1. The molecule has 1 aliphatic carbocycles. The van der Waals surface area contributed by atoms with Crippen molar-refractivity contribution in [1.82, 2.24) is 4.90 Å². The number of nitrogens with one attached hydrogen (secondary N) is 1. The molecule has 6 heteroatoms. The third kappa shape index (κ3) is 3.50. The van der Waals surface area contributed by atoms with Gasteiger partial charge in [-0.05, 0) is 77.9 Å². The zero-order chi connectivity index (χ0) is 19.0. The van der Waals surface area contributed by atoms with Crippen molar-refractivity contribution in [3.05, 3.63) is 62.7 Å². The number of hydrogen-bond acceptors (Lipinski definition) is 3. The Morgan fingerprint density at radius 2 is 1.59 bits per heavy atom. The van der Waals surface area contributed by atoms with Crippen LogP contribution in [0.5, 0.6) is 0 Å². The monoisotopic (exact) mass is 474 g/mol. The van der Waals surface area contributed by atoms with E-state index in [-0.39, 0.29) is 23.8 Å². The van der Waals surface area contributed by atoms with Gasteiger partial charge in [-0.25, -0.2) is 0 Å². The Bertz CT molecular complexity index is 918. The number of rotatable bonds is 3. The van der Waals surface area contributed by atoms with Crippen molar-refractivity contribution in [2.45, 2.75) is 38.1 Å². The van der Waals surface area contributed by atoms with Crippen LogP contribution in [0.25, 0.3) is 0 Å². The van der Waals surface area contributed by atoms with E-state index in [1.807, 2.05) is 12.1 Å². The minimum Gasteiger partial charge on any atom is -0.322 e. The van der Waals surface area contributed by atoms with Crippen molar-refractivity contribution >= 4 is 46.0 Å². The highest BCUT2D eigenvalue weighted by Gasteiger charge is 2.40. The standard InChI is InChI=1S/C21H19IN2O3/c22-14-8-6-13(7-9-14)19(25)23-15-10-11-17-18(12-15)21(27)24(20(17)26)16-4-2-1-3-5-16/h6-12,16H,1-5H2,(H,23,25). The maximum absolute atomic E-state index is 12.8. The summed E-state index contributed by atoms with van der Waals surface area (Å²) in [7, 11) is 0. The summed E-state index contributed by atoms with van der Waals surface area (Å²) in [4.78, 5) is 39.4. The Morgan fingerprint density at radius 1 is 0.926 bits per heavy atom. The quantitative estimate of drug-likeness (QED) is 0.528. The fourth-order valence-corrected chi connectivity index (χ4v) is 4.17. The number of imide groups is 1. The number of halogens is 1. The summed E-state index contributed by atoms with van der Waals surface area (Å²) in [6.07, 6.45) is 5.02. The van der Waals surface area contributed by atoms with E-state index in [2.05, 4.69) is 27.9 Å². The molecule has 5 nitrogen and oxygen atoms in total. The molecule has 3 amide bonds. The second-order valence-electron chi connectivity index (χ2n) is 6.99. The number of nitrogens with zero attached hydrogens (tertiary/aromatic N) is 1. The van der Waals surface area contributed by atoms with Crippen molar-refractivity contribution in [3.8, 4) is 0 Å². The molecule has 0 unspecified atom stereocenters. The zero-order valence-corrected chi connectivity index (χ0v) is 16.9. The van der Waals surface area contributed by atoms with Gasteiger partial charge >= 0.3 is 0 Å². The summed E-state index contributed by atoms with van der Waals surface area (Å²) < 4.78 is 1.05. The molecule has 27 heavy (non-hydrogen) atoms. The summed E-state index contributed by atoms with van der Waals surface area (Å²) in [5, 5.41) is 2.81. The van der Waals surface area contributed by atoms with Crippen molar-refractivity contribution in [1.29, 1.82) is 0 Å². The molecule has 0 radical (unpaired) electrons. The van der Waals surface area contributed by atoms with Crippen molar-refractivity contribution < 1.29 is 14.4 Å². The average molecular weight is 474 g/mol. The maximum Gasteiger partial charge on any atom is 0.261 e. The van der Waals surface area contributed by atoms with Gasteiger partial charge in [0.25, 0.3) is 17.7 Å². The van der Waals surface area contributed by atoms with Crippen LogP contribution in [0.1, 0.15) is 63.2 Å². The topological polar surface area (TPSA) is 66.5 Å². The number of benzene rings is 2. The Labute approximate surface area is 171 Å². The van der Waals surface area contributed by atoms with Gasteiger partial charge in [-0.1, -0.05) is 19.3 Å². The first-order valence-corrected chi connectivity index (χ1v) is 10.2. The van der Waals surface area contributed by atoms with Crippen LogP contribution in [0.4, 0.5) is 5.69 Å². The molecular formula is C21H19IN2O3. The zero-order valence-electron chi connectivity index (χ0n) is 14.7. The number of amides is 3. The fraction of sp³-hybridized carbons (Fsp3) is 0.286. The van der Waals surface area contributed by atoms with E-state index in [4.69, 9.17) is 0 Å². The van der Waals surface area contributed by atoms with E-state index in [0.717, 1.165) is 35.7 Å². The number of carbonyl (C=O) groups is 3. The van der Waals surface area contributed by atoms with Crippen LogP contribution in [0, 0.1) is 3.57 Å². The fourth-order valence-electron chi connectivity index (χ4n) is 3.81. The first-order chi connectivity index (χ1) is 13.0. The van der Waals surface area contributed by atoms with Gasteiger partial charge in [-0.15, -0.1) is 0 Å². The highest BCUT2D eigenvalue weighted by molar-refractivity contribution is 14.1. The Morgan fingerprint density at radius 3 is 2.30 bits per heavy atom. The lowest BCUT2D eigenvalue weighted by molar-refractivity contribution is 0.0548. The predicted molar refractivity (Wildman–Crippen MR) is 111 cm³/mol. The second kappa shape index (κ2) is 7.42. The lowest BCUT2D eigenvalue weighted by Crippen LogP contribution is -2.40. The molecule has 1 heterocycles. The van der Waals surface area contributed by atoms with E-state index < -0.39 is 0 Å². The van der Waals surface area contributed by atoms with Crippen LogP contribution in [0.3, 0.4) is 0 Å². The molecule has 2 aromatic rings. The number of hydrogen-bond donors (Lipinski definition) is 1. The van der Waals surface area contributed by atoms with E-state index >= 15 is 0 Å². The first kappa shape index (κ1) is 18.2. The number of fused-ring (bicyclic) bond motifs is 1. The van der Waals surface area contributed by atoms with Gasteiger partial charge in [0.05, 0.1) is 11.1 Å². The van der Waals surface area contributed by atoms with Gasteiger partial charge < -0.3 is 5.32 Å². The highest BCUT2D eigenvalue weighted by atomic mass is 127. The molecule has 1 fully saturated rings. The average Bonchev–Trinajstić information content (AvgIpc) is 2.93. The molecular weight excluding hydrogens is 455 g/mol. The number of carbonyl (C=O) groups excluding carboxylic acids is 3. The maximum atomic E-state index is 12.8. The van der Waals surface area contributed by atoms with Crippen LogP contribution in [-0.2, 0) is 0 Å². The lowest BCUT2D eigenvalue weighted by atomic mass is 9.94. The van der Waals surface area contributed by atoms with E-state index in [1.54, 1.807) is 30.3 Å². The Kier molecular flexibility index (Phi) is 4.99. The molecule has 138 valence electrons. The minimum atomic E-state index is -0.243. The van der Waals surface area contributed by atoms with Crippen LogP contribution < -0.4 is 5.32 Å². The molecule has 4 rings (SSSR count). The third-order valence-corrected chi connectivity index (χ3v) is 5.94.